The van der Waals surface area contributed by atoms with Gasteiger partial charge in [0.2, 0.25) is 5.91 Å². The minimum Gasteiger partial charge on any atom is -0.496 e. The van der Waals surface area contributed by atoms with Crippen molar-refractivity contribution >= 4 is 39.3 Å². The second kappa shape index (κ2) is 9.88. The van der Waals surface area contributed by atoms with E-state index in [1.54, 1.807) is 0 Å². The highest BCUT2D eigenvalue weighted by Gasteiger charge is 2.45. The Morgan fingerprint density at radius 3 is 2.48 bits per heavy atom. The standard InChI is InChI=1S/C22H21ClFNO7S/c1-32-20-9-5-16(24)11-14(20)10-13-2-8-19(26)18(12-21(27)28)25(22(13)29)33(30,31)17-6-3-15(23)4-7-17/h3-7,9,11,13,18H,2,8,10,12H2,1H3,(H,27,28)/t13-,18-/m1/s1. The summed E-state index contributed by atoms with van der Waals surface area (Å²) in [5.41, 5.74) is 0.323. The number of ketones is 1. The SMILES string of the molecule is COc1ccc(F)cc1C[C@H]1CCC(=O)[C@@H](CC(=O)O)N(S(=O)(=O)c2ccc(Cl)cc2)C1=O. The molecule has 1 aliphatic rings. The maximum atomic E-state index is 13.8. The molecule has 1 heterocycles. The van der Waals surface area contributed by atoms with Gasteiger partial charge in [-0.25, -0.2) is 17.1 Å². The Bertz CT molecular complexity index is 1180. The number of ether oxygens (including phenoxy) is 1. The minimum absolute atomic E-state index is 0.0277. The van der Waals surface area contributed by atoms with Crippen LogP contribution in [0.3, 0.4) is 0 Å². The molecule has 0 saturated carbocycles. The van der Waals surface area contributed by atoms with E-state index in [0.29, 0.717) is 15.6 Å². The van der Waals surface area contributed by atoms with E-state index < -0.39 is 51.9 Å². The number of amides is 1. The Morgan fingerprint density at radius 1 is 1.21 bits per heavy atom. The fourth-order valence-electron chi connectivity index (χ4n) is 3.80. The van der Waals surface area contributed by atoms with Crippen molar-refractivity contribution in [3.05, 3.63) is 58.9 Å². The second-order valence-corrected chi connectivity index (χ2v) is 9.82. The molecule has 8 nitrogen and oxygen atoms in total. The van der Waals surface area contributed by atoms with Crippen LogP contribution in [-0.2, 0) is 30.8 Å². The summed E-state index contributed by atoms with van der Waals surface area (Å²) >= 11 is 5.83. The second-order valence-electron chi connectivity index (χ2n) is 7.57. The normalized spacial score (nSPS) is 19.3. The molecule has 0 spiro atoms. The molecule has 11 heteroatoms. The number of carbonyl (C=O) groups excluding carboxylic acids is 2. The molecule has 0 aromatic heterocycles. The molecule has 1 aliphatic heterocycles. The highest BCUT2D eigenvalue weighted by molar-refractivity contribution is 7.89. The van der Waals surface area contributed by atoms with Crippen LogP contribution < -0.4 is 4.74 Å². The largest absolute Gasteiger partial charge is 0.496 e. The zero-order valence-electron chi connectivity index (χ0n) is 17.5. The monoisotopic (exact) mass is 497 g/mol. The first-order chi connectivity index (χ1) is 15.5. The molecule has 33 heavy (non-hydrogen) atoms. The van der Waals surface area contributed by atoms with Crippen molar-refractivity contribution in [1.82, 2.24) is 4.31 Å². The molecule has 0 aliphatic carbocycles. The number of hydrogen-bond acceptors (Lipinski definition) is 6. The molecule has 176 valence electrons. The van der Waals surface area contributed by atoms with Gasteiger partial charge in [0.1, 0.15) is 17.6 Å². The van der Waals surface area contributed by atoms with Crippen LogP contribution >= 0.6 is 11.6 Å². The summed E-state index contributed by atoms with van der Waals surface area (Å²) in [6.45, 7) is 0. The van der Waals surface area contributed by atoms with E-state index >= 15 is 0 Å². The first-order valence-electron chi connectivity index (χ1n) is 9.95. The van der Waals surface area contributed by atoms with Gasteiger partial charge in [0, 0.05) is 17.4 Å². The summed E-state index contributed by atoms with van der Waals surface area (Å²) < 4.78 is 46.2. The van der Waals surface area contributed by atoms with Crippen LogP contribution in [0.25, 0.3) is 0 Å². The topological polar surface area (TPSA) is 118 Å². The summed E-state index contributed by atoms with van der Waals surface area (Å²) in [5, 5.41) is 9.55. The van der Waals surface area contributed by atoms with Crippen molar-refractivity contribution < 1.29 is 37.0 Å². The lowest BCUT2D eigenvalue weighted by Crippen LogP contribution is -2.49. The van der Waals surface area contributed by atoms with Crippen LogP contribution in [-0.4, -0.2) is 48.6 Å². The number of Topliss-reactive ketones (excluding diaryl/α,β-unsaturated/α-hetero) is 1. The fraction of sp³-hybridized carbons (Fsp3) is 0.318. The van der Waals surface area contributed by atoms with Crippen molar-refractivity contribution in [2.45, 2.75) is 36.6 Å². The molecule has 0 bridgehead atoms. The molecule has 2 atom stereocenters. The molecule has 1 N–H and O–H groups in total. The fourth-order valence-corrected chi connectivity index (χ4v) is 5.55. The Labute approximate surface area is 195 Å². The third-order valence-electron chi connectivity index (χ3n) is 5.41. The molecule has 2 aromatic rings. The van der Waals surface area contributed by atoms with Crippen LogP contribution in [0, 0.1) is 11.7 Å². The summed E-state index contributed by atoms with van der Waals surface area (Å²) in [5.74, 6) is -4.34. The first-order valence-corrected chi connectivity index (χ1v) is 11.8. The van der Waals surface area contributed by atoms with Gasteiger partial charge in [-0.2, -0.15) is 0 Å². The highest BCUT2D eigenvalue weighted by atomic mass is 35.5. The molecule has 0 unspecified atom stereocenters. The van der Waals surface area contributed by atoms with Crippen molar-refractivity contribution in [3.63, 3.8) is 0 Å². The lowest BCUT2D eigenvalue weighted by Gasteiger charge is -2.29. The maximum absolute atomic E-state index is 13.8. The van der Waals surface area contributed by atoms with E-state index in [4.69, 9.17) is 16.3 Å². The lowest BCUT2D eigenvalue weighted by molar-refractivity contribution is -0.142. The number of methoxy groups -OCH3 is 1. The van der Waals surface area contributed by atoms with Gasteiger partial charge in [-0.05, 0) is 60.9 Å². The molecule has 1 amide bonds. The van der Waals surface area contributed by atoms with Gasteiger partial charge in [0.25, 0.3) is 10.0 Å². The average Bonchev–Trinajstić information content (AvgIpc) is 2.86. The van der Waals surface area contributed by atoms with Crippen LogP contribution in [0.15, 0.2) is 47.4 Å². The van der Waals surface area contributed by atoms with Crippen molar-refractivity contribution in [1.29, 1.82) is 0 Å². The predicted molar refractivity (Wildman–Crippen MR) is 116 cm³/mol. The maximum Gasteiger partial charge on any atom is 0.305 e. The van der Waals surface area contributed by atoms with Crippen LogP contribution in [0.4, 0.5) is 4.39 Å². The van der Waals surface area contributed by atoms with E-state index in [2.05, 4.69) is 0 Å². The molecular formula is C22H21ClFNO7S. The number of benzene rings is 2. The molecular weight excluding hydrogens is 477 g/mol. The summed E-state index contributed by atoms with van der Waals surface area (Å²) in [7, 11) is -3.22. The van der Waals surface area contributed by atoms with Gasteiger partial charge in [-0.1, -0.05) is 11.6 Å². The van der Waals surface area contributed by atoms with E-state index in [0.717, 1.165) is 0 Å². The number of aliphatic carboxylic acids is 1. The lowest BCUT2D eigenvalue weighted by atomic mass is 9.93. The Balaban J connectivity index is 2.08. The first kappa shape index (κ1) is 24.7. The Hall–Kier alpha value is -2.98. The molecule has 2 aromatic carbocycles. The Kier molecular flexibility index (Phi) is 7.38. The third kappa shape index (κ3) is 5.33. The molecule has 1 saturated heterocycles. The number of hydrogen-bond donors (Lipinski definition) is 1. The number of rotatable bonds is 7. The van der Waals surface area contributed by atoms with E-state index in [1.165, 1.54) is 49.6 Å². The van der Waals surface area contributed by atoms with Gasteiger partial charge in [-0.15, -0.1) is 0 Å². The van der Waals surface area contributed by atoms with Crippen LogP contribution in [0.5, 0.6) is 5.75 Å². The molecule has 3 rings (SSSR count). The van der Waals surface area contributed by atoms with Gasteiger partial charge in [0.05, 0.1) is 18.4 Å². The van der Waals surface area contributed by atoms with Gasteiger partial charge in [-0.3, -0.25) is 14.4 Å². The van der Waals surface area contributed by atoms with Crippen LogP contribution in [0.2, 0.25) is 5.02 Å². The van der Waals surface area contributed by atoms with Gasteiger partial charge in [0.15, 0.2) is 5.78 Å². The van der Waals surface area contributed by atoms with Crippen molar-refractivity contribution in [3.8, 4) is 5.75 Å². The van der Waals surface area contributed by atoms with Crippen molar-refractivity contribution in [2.24, 2.45) is 5.92 Å². The molecule has 0 radical (unpaired) electrons. The number of carbonyl (C=O) groups is 3. The van der Waals surface area contributed by atoms with E-state index in [1.807, 2.05) is 0 Å². The number of sulfonamides is 1. The highest BCUT2D eigenvalue weighted by Crippen LogP contribution is 2.32. The molecule has 1 fully saturated rings. The zero-order valence-corrected chi connectivity index (χ0v) is 19.1. The van der Waals surface area contributed by atoms with E-state index in [-0.39, 0.29) is 29.2 Å². The zero-order chi connectivity index (χ0) is 24.3. The number of carboxylic acid groups (broad SMARTS) is 1. The smallest absolute Gasteiger partial charge is 0.305 e. The van der Waals surface area contributed by atoms with Gasteiger partial charge >= 0.3 is 5.97 Å². The van der Waals surface area contributed by atoms with Crippen molar-refractivity contribution in [2.75, 3.05) is 7.11 Å². The number of carboxylic acids is 1. The average molecular weight is 498 g/mol. The number of nitrogens with zero attached hydrogens (tertiary/aromatic N) is 1. The summed E-state index contributed by atoms with van der Waals surface area (Å²) in [6, 6.07) is 6.99. The van der Waals surface area contributed by atoms with Crippen LogP contribution in [0.1, 0.15) is 24.8 Å². The van der Waals surface area contributed by atoms with E-state index in [9.17, 15) is 32.3 Å². The Morgan fingerprint density at radius 2 is 1.88 bits per heavy atom. The third-order valence-corrected chi connectivity index (χ3v) is 7.48. The summed E-state index contributed by atoms with van der Waals surface area (Å²) in [6.07, 6.45) is -1.20. The predicted octanol–water partition coefficient (Wildman–Crippen LogP) is 3.07. The number of halogens is 2. The minimum atomic E-state index is -4.59. The van der Waals surface area contributed by atoms with Gasteiger partial charge < -0.3 is 9.84 Å². The quantitative estimate of drug-likeness (QED) is 0.624. The summed E-state index contributed by atoms with van der Waals surface area (Å²) in [4.78, 5) is 37.4.